The molecule has 0 amide bonds. The molecule has 0 aliphatic heterocycles. The molecular formula is C17H15BrN4O2. The van der Waals surface area contributed by atoms with Crippen molar-refractivity contribution < 1.29 is 9.47 Å². The first-order chi connectivity index (χ1) is 11.6. The number of ether oxygens (including phenoxy) is 2. The summed E-state index contributed by atoms with van der Waals surface area (Å²) >= 11 is 3.41. The van der Waals surface area contributed by atoms with E-state index in [0.717, 1.165) is 6.42 Å². The smallest absolute Gasteiger partial charge is 0.234 e. The van der Waals surface area contributed by atoms with Gasteiger partial charge in [0.15, 0.2) is 0 Å². The number of pyridine rings is 1. The second-order valence-electron chi connectivity index (χ2n) is 4.85. The summed E-state index contributed by atoms with van der Waals surface area (Å²) in [6.45, 7) is 2.35. The van der Waals surface area contributed by atoms with E-state index in [2.05, 4.69) is 27.0 Å². The molecule has 0 bridgehead atoms. The number of nitrogen functional groups attached to an aromatic ring is 1. The van der Waals surface area contributed by atoms with Crippen molar-refractivity contribution in [3.05, 3.63) is 33.8 Å². The fourth-order valence-electron chi connectivity index (χ4n) is 2.21. The number of anilines is 1. The van der Waals surface area contributed by atoms with Crippen molar-refractivity contribution in [3.63, 3.8) is 0 Å². The summed E-state index contributed by atoms with van der Waals surface area (Å²) in [5.74, 6) is 0.808. The molecule has 1 aromatic carbocycles. The topological polar surface area (TPSA) is 105 Å². The molecule has 2 aromatic rings. The number of benzene rings is 1. The highest BCUT2D eigenvalue weighted by Crippen LogP contribution is 2.38. The Morgan fingerprint density at radius 2 is 1.96 bits per heavy atom. The molecule has 0 atom stereocenters. The number of halogens is 1. The molecule has 122 valence electrons. The second kappa shape index (κ2) is 7.67. The Kier molecular flexibility index (Phi) is 5.62. The lowest BCUT2D eigenvalue weighted by atomic mass is 9.96. The molecule has 7 heteroatoms. The molecule has 0 saturated heterocycles. The van der Waals surface area contributed by atoms with E-state index in [-0.39, 0.29) is 22.8 Å². The van der Waals surface area contributed by atoms with Crippen LogP contribution in [-0.4, -0.2) is 18.7 Å². The quantitative estimate of drug-likeness (QED) is 0.840. The van der Waals surface area contributed by atoms with Crippen molar-refractivity contribution in [1.82, 2.24) is 4.98 Å². The Hall–Kier alpha value is -2.77. The van der Waals surface area contributed by atoms with Crippen molar-refractivity contribution in [1.29, 1.82) is 10.5 Å². The predicted molar refractivity (Wildman–Crippen MR) is 93.6 cm³/mol. The molecule has 1 aromatic heterocycles. The van der Waals surface area contributed by atoms with Gasteiger partial charge < -0.3 is 15.2 Å². The molecule has 6 nitrogen and oxygen atoms in total. The first-order valence-electron chi connectivity index (χ1n) is 7.17. The van der Waals surface area contributed by atoms with Crippen molar-refractivity contribution in [2.45, 2.75) is 13.3 Å². The fraction of sp³-hybridized carbons (Fsp3) is 0.235. The third-order valence-corrected chi connectivity index (χ3v) is 3.92. The highest BCUT2D eigenvalue weighted by atomic mass is 79.9. The third kappa shape index (κ3) is 3.27. The van der Waals surface area contributed by atoms with Crippen molar-refractivity contribution in [2.24, 2.45) is 0 Å². The van der Waals surface area contributed by atoms with Gasteiger partial charge in [0.2, 0.25) is 5.88 Å². The number of hydrogen-bond donors (Lipinski definition) is 1. The van der Waals surface area contributed by atoms with Crippen LogP contribution in [0.5, 0.6) is 11.6 Å². The Balaban J connectivity index is 2.75. The minimum absolute atomic E-state index is 0.0320. The second-order valence-corrected chi connectivity index (χ2v) is 5.70. The van der Waals surface area contributed by atoms with Crippen LogP contribution in [0.25, 0.3) is 11.1 Å². The zero-order chi connectivity index (χ0) is 17.7. The van der Waals surface area contributed by atoms with E-state index in [0.29, 0.717) is 28.0 Å². The van der Waals surface area contributed by atoms with Crippen LogP contribution >= 0.6 is 15.9 Å². The molecule has 2 N–H and O–H groups in total. The normalized spacial score (nSPS) is 9.88. The van der Waals surface area contributed by atoms with Crippen LogP contribution in [0.3, 0.4) is 0 Å². The van der Waals surface area contributed by atoms with Gasteiger partial charge in [0, 0.05) is 5.56 Å². The number of nitrogens with two attached hydrogens (primary N) is 1. The maximum Gasteiger partial charge on any atom is 0.234 e. The molecule has 0 radical (unpaired) electrons. The molecule has 0 saturated carbocycles. The molecule has 24 heavy (non-hydrogen) atoms. The Morgan fingerprint density at radius 1 is 1.25 bits per heavy atom. The number of methoxy groups -OCH3 is 1. The van der Waals surface area contributed by atoms with E-state index in [1.807, 2.05) is 13.0 Å². The lowest BCUT2D eigenvalue weighted by molar-refractivity contribution is 0.305. The number of hydrogen-bond acceptors (Lipinski definition) is 6. The minimum atomic E-state index is 0.0320. The van der Waals surface area contributed by atoms with E-state index in [1.165, 1.54) is 0 Å². The van der Waals surface area contributed by atoms with Crippen LogP contribution in [-0.2, 0) is 0 Å². The number of nitriles is 2. The van der Waals surface area contributed by atoms with E-state index in [1.54, 1.807) is 25.3 Å². The van der Waals surface area contributed by atoms with Crippen LogP contribution in [0.1, 0.15) is 24.5 Å². The standard InChI is InChI=1S/C17H15BrN4O2/c1-3-6-24-17-12(9-20)15(11(8-19)16(21)22-17)10-4-5-14(23-2)13(18)7-10/h4-5,7H,3,6H2,1-2H3,(H2,21,22). The lowest BCUT2D eigenvalue weighted by Gasteiger charge is -2.14. The van der Waals surface area contributed by atoms with E-state index in [9.17, 15) is 10.5 Å². The maximum atomic E-state index is 9.58. The van der Waals surface area contributed by atoms with Crippen molar-refractivity contribution in [3.8, 4) is 34.9 Å². The average molecular weight is 387 g/mol. The minimum Gasteiger partial charge on any atom is -0.496 e. The molecule has 1 heterocycles. The van der Waals surface area contributed by atoms with Crippen LogP contribution < -0.4 is 15.2 Å². The zero-order valence-electron chi connectivity index (χ0n) is 13.3. The first kappa shape index (κ1) is 17.6. The molecule has 0 aliphatic carbocycles. The Bertz CT molecular complexity index is 853. The van der Waals surface area contributed by atoms with Gasteiger partial charge >= 0.3 is 0 Å². The largest absolute Gasteiger partial charge is 0.496 e. The fourth-order valence-corrected chi connectivity index (χ4v) is 2.75. The van der Waals surface area contributed by atoms with Gasteiger partial charge in [-0.3, -0.25) is 0 Å². The molecule has 0 unspecified atom stereocenters. The van der Waals surface area contributed by atoms with Gasteiger partial charge in [-0.25, -0.2) is 0 Å². The van der Waals surface area contributed by atoms with Gasteiger partial charge in [-0.15, -0.1) is 0 Å². The Labute approximate surface area is 148 Å². The van der Waals surface area contributed by atoms with Gasteiger partial charge in [0.05, 0.1) is 18.2 Å². The van der Waals surface area contributed by atoms with E-state index in [4.69, 9.17) is 15.2 Å². The van der Waals surface area contributed by atoms with Gasteiger partial charge in [-0.1, -0.05) is 13.0 Å². The SMILES string of the molecule is CCCOc1nc(N)c(C#N)c(-c2ccc(OC)c(Br)c2)c1C#N. The monoisotopic (exact) mass is 386 g/mol. The molecule has 0 aliphatic rings. The maximum absolute atomic E-state index is 9.58. The van der Waals surface area contributed by atoms with Crippen LogP contribution in [0, 0.1) is 22.7 Å². The molecular weight excluding hydrogens is 372 g/mol. The van der Waals surface area contributed by atoms with Gasteiger partial charge in [0.25, 0.3) is 0 Å². The summed E-state index contributed by atoms with van der Waals surface area (Å²) in [5, 5.41) is 19.0. The van der Waals surface area contributed by atoms with Crippen molar-refractivity contribution >= 4 is 21.7 Å². The third-order valence-electron chi connectivity index (χ3n) is 3.30. The number of aromatic nitrogens is 1. The highest BCUT2D eigenvalue weighted by Gasteiger charge is 2.21. The molecule has 0 spiro atoms. The lowest BCUT2D eigenvalue weighted by Crippen LogP contribution is -2.06. The van der Waals surface area contributed by atoms with E-state index < -0.39 is 0 Å². The summed E-state index contributed by atoms with van der Waals surface area (Å²) in [7, 11) is 1.56. The average Bonchev–Trinajstić information content (AvgIpc) is 2.59. The van der Waals surface area contributed by atoms with Crippen LogP contribution in [0.4, 0.5) is 5.82 Å². The van der Waals surface area contributed by atoms with Crippen molar-refractivity contribution in [2.75, 3.05) is 19.5 Å². The highest BCUT2D eigenvalue weighted by molar-refractivity contribution is 9.10. The van der Waals surface area contributed by atoms with Gasteiger partial charge in [-0.05, 0) is 40.0 Å². The number of rotatable bonds is 5. The Morgan fingerprint density at radius 3 is 2.50 bits per heavy atom. The first-order valence-corrected chi connectivity index (χ1v) is 7.97. The van der Waals surface area contributed by atoms with Crippen LogP contribution in [0.15, 0.2) is 22.7 Å². The summed E-state index contributed by atoms with van der Waals surface area (Å²) in [5.41, 5.74) is 7.28. The summed E-state index contributed by atoms with van der Waals surface area (Å²) < 4.78 is 11.4. The van der Waals surface area contributed by atoms with E-state index >= 15 is 0 Å². The number of nitrogens with zero attached hydrogens (tertiary/aromatic N) is 3. The summed E-state index contributed by atoms with van der Waals surface area (Å²) in [4.78, 5) is 4.07. The molecule has 2 rings (SSSR count). The van der Waals surface area contributed by atoms with Gasteiger partial charge in [0.1, 0.15) is 34.8 Å². The summed E-state index contributed by atoms with van der Waals surface area (Å²) in [6.07, 6.45) is 0.760. The van der Waals surface area contributed by atoms with Gasteiger partial charge in [-0.2, -0.15) is 15.5 Å². The predicted octanol–water partition coefficient (Wildman–Crippen LogP) is 3.63. The summed E-state index contributed by atoms with van der Waals surface area (Å²) in [6, 6.07) is 9.37. The van der Waals surface area contributed by atoms with Crippen LogP contribution in [0.2, 0.25) is 0 Å². The molecule has 0 fully saturated rings. The zero-order valence-corrected chi connectivity index (χ0v) is 14.8.